The van der Waals surface area contributed by atoms with Crippen LogP contribution in [0.5, 0.6) is 5.75 Å². The summed E-state index contributed by atoms with van der Waals surface area (Å²) in [5.41, 5.74) is 3.46. The summed E-state index contributed by atoms with van der Waals surface area (Å²) in [7, 11) is 0. The van der Waals surface area contributed by atoms with E-state index in [4.69, 9.17) is 13.9 Å². The maximum absolute atomic E-state index is 10.5. The van der Waals surface area contributed by atoms with E-state index >= 15 is 0 Å². The highest BCUT2D eigenvalue weighted by atomic mass is 16.5. The molecule has 3 aromatic rings. The third-order valence-electron chi connectivity index (χ3n) is 6.05. The molecule has 0 bridgehead atoms. The van der Waals surface area contributed by atoms with Crippen molar-refractivity contribution in [1.29, 1.82) is 0 Å². The van der Waals surface area contributed by atoms with Crippen LogP contribution in [0.3, 0.4) is 0 Å². The maximum atomic E-state index is 10.5. The minimum absolute atomic E-state index is 0.460. The first-order chi connectivity index (χ1) is 15.0. The van der Waals surface area contributed by atoms with E-state index in [1.54, 1.807) is 12.3 Å². The van der Waals surface area contributed by atoms with Crippen LogP contribution >= 0.6 is 0 Å². The van der Waals surface area contributed by atoms with Crippen molar-refractivity contribution in [1.82, 2.24) is 0 Å². The lowest BCUT2D eigenvalue weighted by atomic mass is 9.91. The summed E-state index contributed by atoms with van der Waals surface area (Å²) in [6.07, 6.45) is -4.28. The van der Waals surface area contributed by atoms with Gasteiger partial charge in [-0.15, -0.1) is 0 Å². The van der Waals surface area contributed by atoms with Gasteiger partial charge in [0.05, 0.1) is 25.1 Å². The fraction of sp³-hybridized carbons (Fsp3) is 0.391. The average Bonchev–Trinajstić information content (AvgIpc) is 3.26. The molecule has 1 aromatic heterocycles. The quantitative estimate of drug-likeness (QED) is 0.493. The first-order valence-electron chi connectivity index (χ1n) is 10.3. The Bertz CT molecular complexity index is 1070. The molecule has 8 heteroatoms. The van der Waals surface area contributed by atoms with Crippen molar-refractivity contribution in [2.24, 2.45) is 0 Å². The monoisotopic (exact) mass is 427 g/mol. The highest BCUT2D eigenvalue weighted by molar-refractivity contribution is 5.77. The van der Waals surface area contributed by atoms with Crippen LogP contribution in [0, 0.1) is 0 Å². The van der Waals surface area contributed by atoms with Gasteiger partial charge in [-0.1, -0.05) is 12.1 Å². The number of anilines is 1. The molecular weight excluding hydrogens is 402 g/mol. The largest absolute Gasteiger partial charge is 0.490 e. The van der Waals surface area contributed by atoms with Gasteiger partial charge in [0.1, 0.15) is 48.5 Å². The first-order valence-corrected chi connectivity index (χ1v) is 10.3. The highest BCUT2D eigenvalue weighted by Crippen LogP contribution is 2.39. The Labute approximate surface area is 178 Å². The topological polar surface area (TPSA) is 116 Å². The Kier molecular flexibility index (Phi) is 5.33. The van der Waals surface area contributed by atoms with Gasteiger partial charge in [-0.05, 0) is 41.5 Å². The molecule has 1 fully saturated rings. The SMILES string of the molecule is OC[C@H]1O[C@@H](c2ccc3c(c2)N(Cc2ccc4occc4c2)CCO3)[C@H](O)[C@@H](O)[C@@H]1O. The number of furan rings is 1. The molecule has 3 heterocycles. The number of benzene rings is 2. The average molecular weight is 427 g/mol. The van der Waals surface area contributed by atoms with Crippen molar-refractivity contribution < 1.29 is 34.3 Å². The minimum Gasteiger partial charge on any atom is -0.490 e. The lowest BCUT2D eigenvalue weighted by Gasteiger charge is -2.40. The molecule has 0 aliphatic carbocycles. The van der Waals surface area contributed by atoms with Crippen LogP contribution in [0.25, 0.3) is 11.0 Å². The van der Waals surface area contributed by atoms with Gasteiger partial charge in [-0.2, -0.15) is 0 Å². The number of rotatable bonds is 4. The third kappa shape index (κ3) is 3.66. The van der Waals surface area contributed by atoms with E-state index in [1.807, 2.05) is 30.3 Å². The van der Waals surface area contributed by atoms with Crippen LogP contribution in [0.15, 0.2) is 53.1 Å². The molecule has 5 atom stereocenters. The summed E-state index contributed by atoms with van der Waals surface area (Å²) in [6, 6.07) is 13.5. The molecule has 0 amide bonds. The molecule has 2 aliphatic heterocycles. The normalized spacial score (nSPS) is 28.4. The zero-order valence-corrected chi connectivity index (χ0v) is 16.8. The van der Waals surface area contributed by atoms with E-state index in [-0.39, 0.29) is 0 Å². The molecule has 0 unspecified atom stereocenters. The van der Waals surface area contributed by atoms with E-state index in [1.165, 1.54) is 0 Å². The van der Waals surface area contributed by atoms with Crippen LogP contribution in [0.4, 0.5) is 5.69 Å². The second-order valence-corrected chi connectivity index (χ2v) is 8.04. The summed E-state index contributed by atoms with van der Waals surface area (Å²) in [5.74, 6) is 0.726. The lowest BCUT2D eigenvalue weighted by molar-refractivity contribution is -0.231. The fourth-order valence-electron chi connectivity index (χ4n) is 4.34. The molecule has 2 aromatic carbocycles. The number of ether oxygens (including phenoxy) is 2. The standard InChI is InChI=1S/C23H25NO7/c25-12-19-20(26)21(27)22(28)23(31-19)15-2-4-18-16(10-15)24(6-8-30-18)11-13-1-3-17-14(9-13)5-7-29-17/h1-5,7,9-10,19-23,25-28H,6,8,11-12H2/t19-,20-,21+,22-,23+/m1/s1. The van der Waals surface area contributed by atoms with Crippen molar-refractivity contribution >= 4 is 16.7 Å². The van der Waals surface area contributed by atoms with Gasteiger partial charge in [0.25, 0.3) is 0 Å². The molecular formula is C23H25NO7. The summed E-state index contributed by atoms with van der Waals surface area (Å²) in [6.45, 7) is 1.45. The third-order valence-corrected chi connectivity index (χ3v) is 6.05. The molecule has 31 heavy (non-hydrogen) atoms. The van der Waals surface area contributed by atoms with Gasteiger partial charge < -0.3 is 39.2 Å². The summed E-state index contributed by atoms with van der Waals surface area (Å²) in [4.78, 5) is 2.19. The summed E-state index contributed by atoms with van der Waals surface area (Å²) in [5, 5.41) is 41.2. The molecule has 5 rings (SSSR count). The van der Waals surface area contributed by atoms with Crippen LogP contribution in [-0.4, -0.2) is 64.6 Å². The van der Waals surface area contributed by atoms with E-state index in [0.717, 1.165) is 28.0 Å². The van der Waals surface area contributed by atoms with Gasteiger partial charge in [0.15, 0.2) is 0 Å². The number of aliphatic hydroxyl groups is 4. The van der Waals surface area contributed by atoms with Gasteiger partial charge in [-0.25, -0.2) is 0 Å². The van der Waals surface area contributed by atoms with E-state index in [9.17, 15) is 20.4 Å². The second kappa shape index (κ2) is 8.14. The van der Waals surface area contributed by atoms with Crippen molar-refractivity contribution in [3.63, 3.8) is 0 Å². The van der Waals surface area contributed by atoms with Gasteiger partial charge >= 0.3 is 0 Å². The number of nitrogens with zero attached hydrogens (tertiary/aromatic N) is 1. The van der Waals surface area contributed by atoms with E-state index in [0.29, 0.717) is 25.3 Å². The number of hydrogen-bond acceptors (Lipinski definition) is 8. The Morgan fingerprint density at radius 2 is 1.84 bits per heavy atom. The van der Waals surface area contributed by atoms with Gasteiger partial charge in [0.2, 0.25) is 0 Å². The molecule has 0 radical (unpaired) electrons. The molecule has 4 N–H and O–H groups in total. The Morgan fingerprint density at radius 1 is 0.968 bits per heavy atom. The van der Waals surface area contributed by atoms with Crippen LogP contribution in [0.2, 0.25) is 0 Å². The molecule has 8 nitrogen and oxygen atoms in total. The molecule has 0 saturated carbocycles. The first kappa shape index (κ1) is 20.3. The Balaban J connectivity index is 1.44. The van der Waals surface area contributed by atoms with Crippen LogP contribution in [0.1, 0.15) is 17.2 Å². The van der Waals surface area contributed by atoms with Crippen molar-refractivity contribution in [3.05, 3.63) is 59.9 Å². The molecule has 1 saturated heterocycles. The predicted molar refractivity (Wildman–Crippen MR) is 112 cm³/mol. The van der Waals surface area contributed by atoms with Gasteiger partial charge in [-0.3, -0.25) is 0 Å². The highest BCUT2D eigenvalue weighted by Gasteiger charge is 2.44. The lowest BCUT2D eigenvalue weighted by Crippen LogP contribution is -2.55. The Morgan fingerprint density at radius 3 is 2.68 bits per heavy atom. The number of aliphatic hydroxyl groups excluding tert-OH is 4. The second-order valence-electron chi connectivity index (χ2n) is 8.04. The molecule has 164 valence electrons. The summed E-state index contributed by atoms with van der Waals surface area (Å²) < 4.78 is 16.9. The maximum Gasteiger partial charge on any atom is 0.142 e. The zero-order valence-electron chi connectivity index (χ0n) is 16.8. The van der Waals surface area contributed by atoms with E-state index in [2.05, 4.69) is 11.0 Å². The van der Waals surface area contributed by atoms with Gasteiger partial charge in [0, 0.05) is 11.9 Å². The number of hydrogen-bond donors (Lipinski definition) is 4. The van der Waals surface area contributed by atoms with E-state index < -0.39 is 37.1 Å². The van der Waals surface area contributed by atoms with Crippen LogP contribution < -0.4 is 9.64 Å². The molecule has 2 aliphatic rings. The van der Waals surface area contributed by atoms with Crippen molar-refractivity contribution in [3.8, 4) is 5.75 Å². The minimum atomic E-state index is -1.42. The Hall–Kier alpha value is -2.62. The van der Waals surface area contributed by atoms with Crippen molar-refractivity contribution in [2.75, 3.05) is 24.7 Å². The summed E-state index contributed by atoms with van der Waals surface area (Å²) >= 11 is 0. The fourth-order valence-corrected chi connectivity index (χ4v) is 4.34. The smallest absolute Gasteiger partial charge is 0.142 e. The van der Waals surface area contributed by atoms with Crippen molar-refractivity contribution in [2.45, 2.75) is 37.1 Å². The zero-order chi connectivity index (χ0) is 21.5. The predicted octanol–water partition coefficient (Wildman–Crippen LogP) is 1.35. The number of fused-ring (bicyclic) bond motifs is 2. The molecule has 0 spiro atoms. The van der Waals surface area contributed by atoms with Crippen LogP contribution in [-0.2, 0) is 11.3 Å².